The highest BCUT2D eigenvalue weighted by Gasteiger charge is 2.29. The van der Waals surface area contributed by atoms with E-state index >= 15 is 0 Å². The van der Waals surface area contributed by atoms with Crippen molar-refractivity contribution in [3.05, 3.63) is 63.7 Å². The minimum Gasteiger partial charge on any atom is -0.373 e. The molecule has 3 rings (SSSR count). The Morgan fingerprint density at radius 3 is 2.54 bits per heavy atom. The summed E-state index contributed by atoms with van der Waals surface area (Å²) in [7, 11) is 0. The van der Waals surface area contributed by atoms with E-state index in [-0.39, 0.29) is 29.1 Å². The fourth-order valence-corrected chi connectivity index (χ4v) is 2.64. The third kappa shape index (κ3) is 3.98. The van der Waals surface area contributed by atoms with Gasteiger partial charge in [-0.1, -0.05) is 12.1 Å². The van der Waals surface area contributed by atoms with E-state index in [0.717, 1.165) is 24.1 Å². The third-order valence-electron chi connectivity index (χ3n) is 4.32. The summed E-state index contributed by atoms with van der Waals surface area (Å²) in [5.74, 6) is 0.198. The molecule has 0 radical (unpaired) electrons. The lowest BCUT2D eigenvalue weighted by Crippen LogP contribution is -2.13. The van der Waals surface area contributed by atoms with Gasteiger partial charge in [-0.2, -0.15) is 5.26 Å². The predicted octanol–water partition coefficient (Wildman–Crippen LogP) is 3.99. The van der Waals surface area contributed by atoms with E-state index in [4.69, 9.17) is 5.26 Å². The van der Waals surface area contributed by atoms with Crippen molar-refractivity contribution in [2.24, 2.45) is 5.92 Å². The largest absolute Gasteiger partial charge is 0.373 e. The lowest BCUT2D eigenvalue weighted by atomic mass is 10.1. The Hall–Kier alpha value is -3.40. The molecule has 1 aliphatic rings. The molecular formula is C19H18N4O3. The summed E-state index contributed by atoms with van der Waals surface area (Å²) in [6, 6.07) is 13.4. The van der Waals surface area contributed by atoms with E-state index in [9.17, 15) is 14.9 Å². The quantitative estimate of drug-likeness (QED) is 0.605. The molecule has 0 heterocycles. The van der Waals surface area contributed by atoms with E-state index in [1.54, 1.807) is 6.07 Å². The van der Waals surface area contributed by atoms with Gasteiger partial charge < -0.3 is 10.6 Å². The Morgan fingerprint density at radius 1 is 1.27 bits per heavy atom. The summed E-state index contributed by atoms with van der Waals surface area (Å²) < 4.78 is 0. The lowest BCUT2D eigenvalue weighted by molar-refractivity contribution is -0.384. The van der Waals surface area contributed by atoms with Crippen molar-refractivity contribution in [1.82, 2.24) is 0 Å². The van der Waals surface area contributed by atoms with Crippen LogP contribution < -0.4 is 10.6 Å². The van der Waals surface area contributed by atoms with E-state index in [1.165, 1.54) is 12.1 Å². The van der Waals surface area contributed by atoms with Gasteiger partial charge in [-0.15, -0.1) is 0 Å². The first-order valence-electron chi connectivity index (χ1n) is 8.34. The molecule has 2 N–H and O–H groups in total. The molecule has 7 nitrogen and oxygen atoms in total. The second-order valence-electron chi connectivity index (χ2n) is 6.35. The molecule has 1 aliphatic carbocycles. The van der Waals surface area contributed by atoms with Crippen molar-refractivity contribution in [2.75, 3.05) is 10.6 Å². The highest BCUT2D eigenvalue weighted by Crippen LogP contribution is 2.31. The van der Waals surface area contributed by atoms with Gasteiger partial charge in [0, 0.05) is 23.7 Å². The third-order valence-corrected chi connectivity index (χ3v) is 4.32. The molecule has 0 aliphatic heterocycles. The maximum atomic E-state index is 11.8. The van der Waals surface area contributed by atoms with Crippen LogP contribution in [0.2, 0.25) is 0 Å². The number of rotatable bonds is 6. The van der Waals surface area contributed by atoms with Gasteiger partial charge in [0.1, 0.15) is 5.69 Å². The van der Waals surface area contributed by atoms with Crippen LogP contribution in [0.5, 0.6) is 0 Å². The molecule has 1 amide bonds. The number of nitrogens with one attached hydrogen (secondary N) is 2. The van der Waals surface area contributed by atoms with Gasteiger partial charge in [-0.3, -0.25) is 14.9 Å². The zero-order valence-corrected chi connectivity index (χ0v) is 14.2. The van der Waals surface area contributed by atoms with Crippen LogP contribution >= 0.6 is 0 Å². The molecular weight excluding hydrogens is 332 g/mol. The topological polar surface area (TPSA) is 108 Å². The summed E-state index contributed by atoms with van der Waals surface area (Å²) in [4.78, 5) is 22.5. The number of nitro groups is 1. The van der Waals surface area contributed by atoms with E-state index in [2.05, 4.69) is 10.6 Å². The summed E-state index contributed by atoms with van der Waals surface area (Å²) in [6.45, 7) is 1.89. The smallest absolute Gasteiger partial charge is 0.293 e. The first-order chi connectivity index (χ1) is 12.5. The van der Waals surface area contributed by atoms with Gasteiger partial charge in [-0.05, 0) is 49.6 Å². The van der Waals surface area contributed by atoms with Crippen molar-refractivity contribution in [3.8, 4) is 6.07 Å². The van der Waals surface area contributed by atoms with Gasteiger partial charge in [0.05, 0.1) is 16.6 Å². The van der Waals surface area contributed by atoms with Crippen LogP contribution in [-0.2, 0) is 4.79 Å². The summed E-state index contributed by atoms with van der Waals surface area (Å²) in [5, 5.41) is 26.1. The van der Waals surface area contributed by atoms with Crippen LogP contribution in [0.1, 0.15) is 36.9 Å². The Kier molecular flexibility index (Phi) is 4.85. The number of nitriles is 1. The SMILES string of the molecule is CC(Nc1ccc(C#N)cc1[N+](=O)[O-])c1ccc(NC(=O)C2CC2)cc1. The lowest BCUT2D eigenvalue weighted by Gasteiger charge is -2.16. The standard InChI is InChI=1S/C19H18N4O3/c1-12(21-17-9-2-13(11-20)10-18(17)23(25)26)14-5-7-16(8-6-14)22-19(24)15-3-4-15/h2,5-10,12,15,21H,3-4H2,1H3,(H,22,24). The first-order valence-corrected chi connectivity index (χ1v) is 8.34. The number of anilines is 2. The van der Waals surface area contributed by atoms with E-state index < -0.39 is 4.92 Å². The highest BCUT2D eigenvalue weighted by atomic mass is 16.6. The molecule has 2 aromatic carbocycles. The van der Waals surface area contributed by atoms with Crippen molar-refractivity contribution in [1.29, 1.82) is 5.26 Å². The molecule has 0 spiro atoms. The highest BCUT2D eigenvalue weighted by molar-refractivity contribution is 5.94. The normalized spacial score (nSPS) is 14.2. The molecule has 0 saturated heterocycles. The zero-order chi connectivity index (χ0) is 18.7. The van der Waals surface area contributed by atoms with Crippen LogP contribution in [-0.4, -0.2) is 10.8 Å². The molecule has 1 unspecified atom stereocenters. The van der Waals surface area contributed by atoms with Gasteiger partial charge in [-0.25, -0.2) is 0 Å². The number of nitrogens with zero attached hydrogens (tertiary/aromatic N) is 2. The fourth-order valence-electron chi connectivity index (χ4n) is 2.64. The molecule has 0 bridgehead atoms. The number of hydrogen-bond donors (Lipinski definition) is 2. The van der Waals surface area contributed by atoms with Crippen LogP contribution in [0, 0.1) is 27.4 Å². The first kappa shape index (κ1) is 17.4. The van der Waals surface area contributed by atoms with E-state index in [0.29, 0.717) is 5.69 Å². The predicted molar refractivity (Wildman–Crippen MR) is 97.6 cm³/mol. The Labute approximate surface area is 150 Å². The molecule has 7 heteroatoms. The number of carbonyl (C=O) groups excluding carboxylic acids is 1. The minimum atomic E-state index is -0.508. The zero-order valence-electron chi connectivity index (χ0n) is 14.2. The molecule has 1 fully saturated rings. The van der Waals surface area contributed by atoms with Gasteiger partial charge in [0.15, 0.2) is 0 Å². The number of carbonyl (C=O) groups is 1. The number of benzene rings is 2. The van der Waals surface area contributed by atoms with Crippen molar-refractivity contribution < 1.29 is 9.72 Å². The van der Waals surface area contributed by atoms with Crippen molar-refractivity contribution in [2.45, 2.75) is 25.8 Å². The molecule has 0 aromatic heterocycles. The molecule has 132 valence electrons. The van der Waals surface area contributed by atoms with Gasteiger partial charge in [0.2, 0.25) is 5.91 Å². The van der Waals surface area contributed by atoms with Gasteiger partial charge in [0.25, 0.3) is 5.69 Å². The summed E-state index contributed by atoms with van der Waals surface area (Å²) in [5.41, 5.74) is 2.12. The Bertz CT molecular complexity index is 883. The van der Waals surface area contributed by atoms with Crippen molar-refractivity contribution in [3.63, 3.8) is 0 Å². The van der Waals surface area contributed by atoms with Crippen molar-refractivity contribution >= 4 is 23.0 Å². The maximum absolute atomic E-state index is 11.8. The minimum absolute atomic E-state index is 0.0529. The second kappa shape index (κ2) is 7.23. The average molecular weight is 350 g/mol. The van der Waals surface area contributed by atoms with Crippen LogP contribution in [0.25, 0.3) is 0 Å². The van der Waals surface area contributed by atoms with Gasteiger partial charge >= 0.3 is 0 Å². The Balaban J connectivity index is 1.71. The number of amides is 1. The maximum Gasteiger partial charge on any atom is 0.293 e. The Morgan fingerprint density at radius 2 is 1.96 bits per heavy atom. The number of nitro benzene ring substituents is 1. The molecule has 1 atom stereocenters. The summed E-state index contributed by atoms with van der Waals surface area (Å²) in [6.07, 6.45) is 1.91. The molecule has 1 saturated carbocycles. The monoisotopic (exact) mass is 350 g/mol. The van der Waals surface area contributed by atoms with E-state index in [1.807, 2.05) is 37.3 Å². The molecule has 2 aromatic rings. The number of hydrogen-bond acceptors (Lipinski definition) is 5. The van der Waals surface area contributed by atoms with Crippen LogP contribution in [0.15, 0.2) is 42.5 Å². The summed E-state index contributed by atoms with van der Waals surface area (Å²) >= 11 is 0. The van der Waals surface area contributed by atoms with Crippen LogP contribution in [0.3, 0.4) is 0 Å². The second-order valence-corrected chi connectivity index (χ2v) is 6.35. The molecule has 26 heavy (non-hydrogen) atoms. The fraction of sp³-hybridized carbons (Fsp3) is 0.263. The van der Waals surface area contributed by atoms with Crippen LogP contribution in [0.4, 0.5) is 17.1 Å². The average Bonchev–Trinajstić information content (AvgIpc) is 3.47.